The summed E-state index contributed by atoms with van der Waals surface area (Å²) in [4.78, 5) is 39.4. The van der Waals surface area contributed by atoms with Crippen molar-refractivity contribution in [3.05, 3.63) is 113 Å². The molecule has 0 aliphatic carbocycles. The number of aliphatic carboxylic acids is 1. The van der Waals surface area contributed by atoms with Crippen LogP contribution in [0, 0.1) is 12.8 Å². The van der Waals surface area contributed by atoms with E-state index in [0.717, 1.165) is 33.4 Å². The molecular weight excluding hydrogens is 488 g/mol. The van der Waals surface area contributed by atoms with E-state index < -0.39 is 12.0 Å². The van der Waals surface area contributed by atoms with Crippen LogP contribution in [0.2, 0.25) is 0 Å². The third-order valence-electron chi connectivity index (χ3n) is 7.21. The molecule has 0 fully saturated rings. The van der Waals surface area contributed by atoms with E-state index in [-0.39, 0.29) is 24.3 Å². The zero-order chi connectivity index (χ0) is 27.7. The largest absolute Gasteiger partial charge is 0.480 e. The number of carbonyl (C=O) groups excluding carboxylic acids is 2. The predicted molar refractivity (Wildman–Crippen MR) is 153 cm³/mol. The number of fused-ring (bicyclic) bond motifs is 1. The van der Waals surface area contributed by atoms with Crippen molar-refractivity contribution in [2.75, 3.05) is 5.32 Å². The van der Waals surface area contributed by atoms with Gasteiger partial charge in [-0.3, -0.25) is 9.59 Å². The summed E-state index contributed by atoms with van der Waals surface area (Å²) in [5, 5.41) is 12.6. The number of nitrogens with one attached hydrogen (secondary N) is 1. The first-order valence-corrected chi connectivity index (χ1v) is 13.0. The van der Waals surface area contributed by atoms with Crippen LogP contribution in [0.1, 0.15) is 45.7 Å². The number of anilines is 1. The van der Waals surface area contributed by atoms with E-state index in [1.54, 1.807) is 19.9 Å². The van der Waals surface area contributed by atoms with Gasteiger partial charge in [-0.1, -0.05) is 74.5 Å². The molecular formula is C33H30N2O4. The zero-order valence-corrected chi connectivity index (χ0v) is 22.1. The number of nitrogens with zero attached hydrogens (tertiary/aromatic N) is 1. The van der Waals surface area contributed by atoms with Gasteiger partial charge in [-0.2, -0.15) is 0 Å². The van der Waals surface area contributed by atoms with Crippen LogP contribution in [0.3, 0.4) is 0 Å². The van der Waals surface area contributed by atoms with Gasteiger partial charge in [-0.05, 0) is 76.6 Å². The van der Waals surface area contributed by atoms with Gasteiger partial charge in [0.25, 0.3) is 11.8 Å². The van der Waals surface area contributed by atoms with Crippen LogP contribution in [0.25, 0.3) is 22.3 Å². The fraction of sp³-hybridized carbons (Fsp3) is 0.182. The number of amides is 2. The van der Waals surface area contributed by atoms with Crippen LogP contribution < -0.4 is 5.32 Å². The van der Waals surface area contributed by atoms with E-state index in [9.17, 15) is 19.5 Å². The van der Waals surface area contributed by atoms with Crippen molar-refractivity contribution in [1.29, 1.82) is 0 Å². The van der Waals surface area contributed by atoms with Crippen molar-refractivity contribution in [1.82, 2.24) is 4.90 Å². The van der Waals surface area contributed by atoms with Crippen LogP contribution in [0.5, 0.6) is 0 Å². The standard InChI is InChI=1S/C33H30N2O4/c1-20(2)30(33(38)39)35-19-26-10-9-24(18-29(26)32(35)37)28-16-13-25(17-21(28)3)31(36)34-27-14-11-23(12-15-27)22-7-5-4-6-8-22/h4-18,20,30H,19H2,1-3H3,(H,34,36)(H,38,39)/t30-/m0/s1. The number of hydrogen-bond acceptors (Lipinski definition) is 3. The number of carbonyl (C=O) groups is 3. The second-order valence-corrected chi connectivity index (χ2v) is 10.3. The average Bonchev–Trinajstić information content (AvgIpc) is 3.24. The Morgan fingerprint density at radius 1 is 0.821 bits per heavy atom. The molecule has 1 aliphatic rings. The highest BCUT2D eigenvalue weighted by Gasteiger charge is 2.38. The third kappa shape index (κ3) is 5.18. The van der Waals surface area contributed by atoms with E-state index in [2.05, 4.69) is 5.32 Å². The summed E-state index contributed by atoms with van der Waals surface area (Å²) in [7, 11) is 0. The third-order valence-corrected chi connectivity index (χ3v) is 7.21. The van der Waals surface area contributed by atoms with Gasteiger partial charge in [-0.15, -0.1) is 0 Å². The van der Waals surface area contributed by atoms with Crippen molar-refractivity contribution in [2.24, 2.45) is 5.92 Å². The maximum absolute atomic E-state index is 13.1. The number of carboxylic acid groups (broad SMARTS) is 1. The molecule has 0 aromatic heterocycles. The van der Waals surface area contributed by atoms with Crippen LogP contribution in [0.4, 0.5) is 5.69 Å². The predicted octanol–water partition coefficient (Wildman–Crippen LogP) is 6.65. The summed E-state index contributed by atoms with van der Waals surface area (Å²) in [5.74, 6) is -1.67. The van der Waals surface area contributed by atoms with Gasteiger partial charge in [0, 0.05) is 23.4 Å². The lowest BCUT2D eigenvalue weighted by Gasteiger charge is -2.27. The Bertz CT molecular complexity index is 1560. The average molecular weight is 519 g/mol. The van der Waals surface area contributed by atoms with E-state index >= 15 is 0 Å². The van der Waals surface area contributed by atoms with Crippen molar-refractivity contribution >= 4 is 23.5 Å². The number of carboxylic acids is 1. The summed E-state index contributed by atoms with van der Waals surface area (Å²) >= 11 is 0. The maximum Gasteiger partial charge on any atom is 0.326 e. The second-order valence-electron chi connectivity index (χ2n) is 10.3. The van der Waals surface area contributed by atoms with Gasteiger partial charge in [0.2, 0.25) is 0 Å². The van der Waals surface area contributed by atoms with Crippen LogP contribution in [-0.4, -0.2) is 33.8 Å². The highest BCUT2D eigenvalue weighted by Crippen LogP contribution is 2.33. The summed E-state index contributed by atoms with van der Waals surface area (Å²) in [6, 6.07) is 28.1. The molecule has 5 rings (SSSR count). The SMILES string of the molecule is Cc1cc(C(=O)Nc2ccc(-c3ccccc3)cc2)ccc1-c1ccc2c(c1)C(=O)N([C@H](C(=O)O)C(C)C)C2. The molecule has 1 aliphatic heterocycles. The first kappa shape index (κ1) is 25.9. The Morgan fingerprint density at radius 2 is 1.49 bits per heavy atom. The first-order valence-electron chi connectivity index (χ1n) is 13.0. The molecule has 2 amide bonds. The molecule has 1 heterocycles. The van der Waals surface area contributed by atoms with Gasteiger partial charge >= 0.3 is 5.97 Å². The molecule has 0 bridgehead atoms. The zero-order valence-electron chi connectivity index (χ0n) is 22.1. The lowest BCUT2D eigenvalue weighted by atomic mass is 9.95. The van der Waals surface area contributed by atoms with E-state index in [0.29, 0.717) is 16.8 Å². The van der Waals surface area contributed by atoms with Gasteiger partial charge < -0.3 is 15.3 Å². The fourth-order valence-corrected chi connectivity index (χ4v) is 5.20. The summed E-state index contributed by atoms with van der Waals surface area (Å²) in [6.45, 7) is 5.83. The molecule has 6 heteroatoms. The molecule has 196 valence electrons. The highest BCUT2D eigenvalue weighted by molar-refractivity contribution is 6.05. The molecule has 2 N–H and O–H groups in total. The van der Waals surface area contributed by atoms with Gasteiger partial charge in [0.15, 0.2) is 0 Å². The highest BCUT2D eigenvalue weighted by atomic mass is 16.4. The second kappa shape index (κ2) is 10.6. The molecule has 6 nitrogen and oxygen atoms in total. The molecule has 0 unspecified atom stereocenters. The van der Waals surface area contributed by atoms with Crippen molar-refractivity contribution in [2.45, 2.75) is 33.4 Å². The lowest BCUT2D eigenvalue weighted by Crippen LogP contribution is -2.44. The first-order chi connectivity index (χ1) is 18.7. The number of rotatable bonds is 7. The summed E-state index contributed by atoms with van der Waals surface area (Å²) in [6.07, 6.45) is 0. The monoisotopic (exact) mass is 518 g/mol. The number of benzene rings is 4. The van der Waals surface area contributed by atoms with Crippen molar-refractivity contribution < 1.29 is 19.5 Å². The minimum absolute atomic E-state index is 0.203. The van der Waals surface area contributed by atoms with Gasteiger partial charge in [-0.25, -0.2) is 4.79 Å². The van der Waals surface area contributed by atoms with Gasteiger partial charge in [0.1, 0.15) is 6.04 Å². The Hall–Kier alpha value is -4.71. The van der Waals surface area contributed by atoms with Crippen LogP contribution in [0.15, 0.2) is 91.0 Å². The van der Waals surface area contributed by atoms with Crippen molar-refractivity contribution in [3.8, 4) is 22.3 Å². The Kier molecular flexibility index (Phi) is 7.03. The normalized spacial score (nSPS) is 13.3. The lowest BCUT2D eigenvalue weighted by molar-refractivity contribution is -0.144. The van der Waals surface area contributed by atoms with Crippen LogP contribution in [-0.2, 0) is 11.3 Å². The minimum atomic E-state index is -0.997. The quantitative estimate of drug-likeness (QED) is 0.287. The Morgan fingerprint density at radius 3 is 2.13 bits per heavy atom. The summed E-state index contributed by atoms with van der Waals surface area (Å²) in [5.41, 5.74) is 7.44. The van der Waals surface area contributed by atoms with Crippen LogP contribution >= 0.6 is 0 Å². The fourth-order valence-electron chi connectivity index (χ4n) is 5.20. The Balaban J connectivity index is 1.32. The van der Waals surface area contributed by atoms with Gasteiger partial charge in [0.05, 0.1) is 0 Å². The number of aryl methyl sites for hydroxylation is 1. The molecule has 0 saturated carbocycles. The smallest absolute Gasteiger partial charge is 0.326 e. The maximum atomic E-state index is 13.1. The van der Waals surface area contributed by atoms with E-state index in [1.165, 1.54) is 4.90 Å². The topological polar surface area (TPSA) is 86.7 Å². The molecule has 0 saturated heterocycles. The Labute approximate surface area is 227 Å². The number of hydrogen-bond donors (Lipinski definition) is 2. The molecule has 39 heavy (non-hydrogen) atoms. The summed E-state index contributed by atoms with van der Waals surface area (Å²) < 4.78 is 0. The molecule has 0 radical (unpaired) electrons. The molecule has 4 aromatic rings. The minimum Gasteiger partial charge on any atom is -0.480 e. The van der Waals surface area contributed by atoms with E-state index in [1.807, 2.05) is 91.9 Å². The molecule has 4 aromatic carbocycles. The van der Waals surface area contributed by atoms with E-state index in [4.69, 9.17) is 0 Å². The molecule has 1 atom stereocenters. The molecule has 0 spiro atoms. The van der Waals surface area contributed by atoms with Crippen molar-refractivity contribution in [3.63, 3.8) is 0 Å².